The molecule has 1 N–H and O–H groups in total. The number of amides is 6. The van der Waals surface area contributed by atoms with Gasteiger partial charge in [-0.25, -0.2) is 14.7 Å². The highest BCUT2D eigenvalue weighted by Crippen LogP contribution is 2.25. The molecule has 22 heteroatoms. The van der Waals surface area contributed by atoms with E-state index >= 15 is 0 Å². The molecular formula is C52H49N3O17S2. The van der Waals surface area contributed by atoms with Gasteiger partial charge in [0.15, 0.2) is 0 Å². The topological polar surface area (TPSA) is 256 Å². The number of ether oxygens (including phenoxy) is 4. The number of rotatable bonds is 21. The van der Waals surface area contributed by atoms with Crippen LogP contribution in [-0.4, -0.2) is 110 Å². The Balaban J connectivity index is 0.000000195. The average molecular weight is 1050 g/mol. The fourth-order valence-corrected chi connectivity index (χ4v) is 8.33. The van der Waals surface area contributed by atoms with Crippen LogP contribution in [0.2, 0.25) is 0 Å². The molecule has 0 saturated carbocycles. The van der Waals surface area contributed by atoms with Crippen molar-refractivity contribution in [3.8, 4) is 17.2 Å². The number of hydrogen-bond donors (Lipinski definition) is 1. The largest absolute Gasteiger partial charge is 0.508 e. The molecule has 386 valence electrons. The maximum Gasteiger partial charge on any atom is 0.297 e. The van der Waals surface area contributed by atoms with E-state index in [1.807, 2.05) is 13.8 Å². The van der Waals surface area contributed by atoms with Crippen LogP contribution in [-0.2, 0) is 66.8 Å². The third-order valence-corrected chi connectivity index (χ3v) is 12.9. The number of aromatic hydroxyl groups is 1. The number of nitrogens with zero attached hydrogens (tertiary/aromatic N) is 3. The zero-order valence-electron chi connectivity index (χ0n) is 39.8. The Morgan fingerprint density at radius 2 is 0.635 bits per heavy atom. The predicted molar refractivity (Wildman–Crippen MR) is 267 cm³/mol. The van der Waals surface area contributed by atoms with E-state index in [4.69, 9.17) is 32.4 Å². The monoisotopic (exact) mass is 1050 g/mol. The fraction of sp³-hybridized carbons (Fsp3) is 0.192. The molecule has 20 nitrogen and oxygen atoms in total. The summed E-state index contributed by atoms with van der Waals surface area (Å²) in [5, 5.41) is 9.03. The molecule has 0 atom stereocenters. The molecule has 0 aliphatic carbocycles. The summed E-state index contributed by atoms with van der Waals surface area (Å²) in [6, 6.07) is 31.8. The van der Waals surface area contributed by atoms with Gasteiger partial charge in [-0.1, -0.05) is 35.4 Å². The van der Waals surface area contributed by atoms with Crippen molar-refractivity contribution in [1.29, 1.82) is 0 Å². The van der Waals surface area contributed by atoms with Gasteiger partial charge >= 0.3 is 0 Å². The van der Waals surface area contributed by atoms with Gasteiger partial charge in [-0.3, -0.25) is 37.1 Å². The summed E-state index contributed by atoms with van der Waals surface area (Å²) in [7, 11) is -7.68. The van der Waals surface area contributed by atoms with Gasteiger partial charge in [-0.2, -0.15) is 16.8 Å². The lowest BCUT2D eigenvalue weighted by Gasteiger charge is -2.15. The third-order valence-electron chi connectivity index (χ3n) is 10.3. The van der Waals surface area contributed by atoms with E-state index in [1.54, 1.807) is 72.8 Å². The minimum absolute atomic E-state index is 0.0149. The first kappa shape index (κ1) is 55.2. The molecule has 3 aliphatic rings. The maximum atomic E-state index is 12.0. The molecule has 3 heterocycles. The van der Waals surface area contributed by atoms with Gasteiger partial charge in [-0.05, 0) is 111 Å². The van der Waals surface area contributed by atoms with Gasteiger partial charge in [0, 0.05) is 36.5 Å². The summed E-state index contributed by atoms with van der Waals surface area (Å²) in [5.74, 6) is -0.902. The number of carbonyl (C=O) groups is 6. The lowest BCUT2D eigenvalue weighted by molar-refractivity contribution is -0.121. The van der Waals surface area contributed by atoms with Crippen LogP contribution in [0.25, 0.3) is 0 Å². The Bertz CT molecular complexity index is 2900. The SMILES string of the molecule is Cc1ccc(S(=O)(=O)OCCOCCOS(=O)(=O)c2ccc(C)cc2)cc1.O=C1C=CC(=O)N1c1ccc(O)cc1.O=C1C=CC(=O)N1c1ccc(OCCOCCOc2ccc(N3C(=O)C=CC3=O)cc2)cc1. The molecule has 8 rings (SSSR count). The Labute approximate surface area is 426 Å². The number of carbonyl (C=O) groups excluding carboxylic acids is 6. The maximum absolute atomic E-state index is 12.0. The molecule has 0 radical (unpaired) electrons. The molecule has 0 spiro atoms. The summed E-state index contributed by atoms with van der Waals surface area (Å²) >= 11 is 0. The first-order chi connectivity index (χ1) is 35.4. The highest BCUT2D eigenvalue weighted by atomic mass is 32.2. The van der Waals surface area contributed by atoms with Crippen molar-refractivity contribution in [2.24, 2.45) is 0 Å². The number of imide groups is 3. The van der Waals surface area contributed by atoms with Crippen molar-refractivity contribution in [2.75, 3.05) is 67.6 Å². The Kier molecular flexibility index (Phi) is 19.4. The van der Waals surface area contributed by atoms with Gasteiger partial charge in [-0.15, -0.1) is 0 Å². The van der Waals surface area contributed by atoms with E-state index in [0.717, 1.165) is 25.8 Å². The van der Waals surface area contributed by atoms with Crippen molar-refractivity contribution < 1.29 is 78.0 Å². The molecule has 0 fully saturated rings. The fourth-order valence-electron chi connectivity index (χ4n) is 6.54. The van der Waals surface area contributed by atoms with Gasteiger partial charge < -0.3 is 24.1 Å². The zero-order valence-corrected chi connectivity index (χ0v) is 41.4. The Morgan fingerprint density at radius 1 is 0.365 bits per heavy atom. The van der Waals surface area contributed by atoms with Gasteiger partial charge in [0.2, 0.25) is 0 Å². The van der Waals surface area contributed by atoms with E-state index in [9.17, 15) is 45.6 Å². The summed E-state index contributed by atoms with van der Waals surface area (Å²) in [4.78, 5) is 72.5. The van der Waals surface area contributed by atoms with E-state index in [0.29, 0.717) is 55.0 Å². The van der Waals surface area contributed by atoms with Gasteiger partial charge in [0.05, 0.1) is 66.5 Å². The highest BCUT2D eigenvalue weighted by Gasteiger charge is 2.27. The number of hydrogen-bond acceptors (Lipinski definition) is 17. The molecule has 0 saturated heterocycles. The molecular weight excluding hydrogens is 1000 g/mol. The lowest BCUT2D eigenvalue weighted by atomic mass is 10.2. The van der Waals surface area contributed by atoms with Gasteiger partial charge in [0.1, 0.15) is 30.5 Å². The molecule has 0 unspecified atom stereocenters. The summed E-state index contributed by atoms with van der Waals surface area (Å²) < 4.78 is 79.4. The smallest absolute Gasteiger partial charge is 0.297 e. The summed E-state index contributed by atoms with van der Waals surface area (Å²) in [6.07, 6.45) is 7.38. The molecule has 0 bridgehead atoms. The van der Waals surface area contributed by atoms with E-state index < -0.39 is 20.2 Å². The summed E-state index contributed by atoms with van der Waals surface area (Å²) in [5.41, 5.74) is 3.32. The van der Waals surface area contributed by atoms with Crippen LogP contribution >= 0.6 is 0 Å². The second-order valence-corrected chi connectivity index (χ2v) is 18.9. The van der Waals surface area contributed by atoms with Crippen LogP contribution in [0.15, 0.2) is 168 Å². The van der Waals surface area contributed by atoms with Crippen molar-refractivity contribution >= 4 is 72.7 Å². The number of aryl methyl sites for hydroxylation is 2. The van der Waals surface area contributed by atoms with Crippen LogP contribution in [0, 0.1) is 13.8 Å². The third kappa shape index (κ3) is 15.7. The van der Waals surface area contributed by atoms with Crippen LogP contribution in [0.4, 0.5) is 17.1 Å². The lowest BCUT2D eigenvalue weighted by Crippen LogP contribution is -2.29. The van der Waals surface area contributed by atoms with Gasteiger partial charge in [0.25, 0.3) is 55.7 Å². The van der Waals surface area contributed by atoms with Crippen molar-refractivity contribution in [2.45, 2.75) is 23.6 Å². The molecule has 5 aromatic carbocycles. The number of anilines is 3. The van der Waals surface area contributed by atoms with Crippen LogP contribution in [0.1, 0.15) is 11.1 Å². The van der Waals surface area contributed by atoms with Crippen LogP contribution in [0.3, 0.4) is 0 Å². The first-order valence-electron chi connectivity index (χ1n) is 22.4. The number of phenols is 1. The normalized spacial score (nSPS) is 14.1. The Hall–Kier alpha value is -8.12. The molecule has 6 amide bonds. The number of phenolic OH excluding ortho intramolecular Hbond substituents is 1. The number of benzene rings is 5. The van der Waals surface area contributed by atoms with Crippen molar-refractivity contribution in [3.05, 3.63) is 169 Å². The minimum Gasteiger partial charge on any atom is -0.508 e. The zero-order chi connectivity index (χ0) is 53.3. The first-order valence-corrected chi connectivity index (χ1v) is 25.2. The standard InChI is InChI=1S/C24H20N2O7.C18H22O7S2.C10H7NO3/c27-21-9-10-22(28)25(21)17-1-5-19(6-2-17)32-15-13-31-14-16-33-20-7-3-18(4-8-20)26-23(29)11-12-24(26)30;1-15-3-7-17(8-4-15)26(19,20)24-13-11-23-12-14-25-27(21,22)18-9-5-16(2)6-10-18;12-8-3-1-7(2-4-8)11-9(13)5-6-10(11)14/h1-12H,13-16H2;3-10H,11-14H2,1-2H3;1-6,12H. The Morgan fingerprint density at radius 3 is 0.932 bits per heavy atom. The molecule has 3 aliphatic heterocycles. The molecule has 0 aromatic heterocycles. The second-order valence-electron chi connectivity index (χ2n) is 15.6. The highest BCUT2D eigenvalue weighted by molar-refractivity contribution is 7.87. The van der Waals surface area contributed by atoms with Crippen LogP contribution in [0.5, 0.6) is 17.2 Å². The van der Waals surface area contributed by atoms with E-state index in [1.165, 1.54) is 85.0 Å². The molecule has 5 aromatic rings. The van der Waals surface area contributed by atoms with Crippen LogP contribution < -0.4 is 24.2 Å². The minimum atomic E-state index is -3.84. The van der Waals surface area contributed by atoms with Crippen molar-refractivity contribution in [1.82, 2.24) is 0 Å². The van der Waals surface area contributed by atoms with E-state index in [2.05, 4.69) is 0 Å². The quantitative estimate of drug-likeness (QED) is 0.0558. The summed E-state index contributed by atoms with van der Waals surface area (Å²) in [6.45, 7) is 4.66. The predicted octanol–water partition coefficient (Wildman–Crippen LogP) is 5.27. The molecule has 74 heavy (non-hydrogen) atoms. The van der Waals surface area contributed by atoms with Crippen molar-refractivity contribution in [3.63, 3.8) is 0 Å². The second kappa shape index (κ2) is 26.0. The average Bonchev–Trinajstić information content (AvgIpc) is 4.03. The van der Waals surface area contributed by atoms with E-state index in [-0.39, 0.29) is 77.4 Å².